The molecule has 1 heterocycles. The molecule has 0 N–H and O–H groups in total. The molecule has 0 aliphatic heterocycles. The van der Waals surface area contributed by atoms with E-state index in [1.807, 2.05) is 42.7 Å². The number of aromatic nitrogens is 1. The number of ether oxygens (including phenoxy) is 2. The van der Waals surface area contributed by atoms with Gasteiger partial charge in [0.05, 0.1) is 30.5 Å². The van der Waals surface area contributed by atoms with Crippen LogP contribution in [-0.4, -0.2) is 25.5 Å². The van der Waals surface area contributed by atoms with E-state index >= 15 is 0 Å². The van der Waals surface area contributed by atoms with Gasteiger partial charge in [-0.05, 0) is 30.5 Å². The van der Waals surface area contributed by atoms with Crippen LogP contribution in [0.3, 0.4) is 0 Å². The van der Waals surface area contributed by atoms with Gasteiger partial charge in [0.2, 0.25) is 0 Å². The lowest BCUT2D eigenvalue weighted by molar-refractivity contribution is 0.397. The van der Waals surface area contributed by atoms with E-state index in [1.54, 1.807) is 26.0 Å². The van der Waals surface area contributed by atoms with Crippen LogP contribution >= 0.6 is 11.8 Å². The Balaban J connectivity index is 2.60. The summed E-state index contributed by atoms with van der Waals surface area (Å²) in [6.45, 7) is 0. The second kappa shape index (κ2) is 5.78. The van der Waals surface area contributed by atoms with Crippen LogP contribution in [0.4, 0.5) is 0 Å². The van der Waals surface area contributed by atoms with Crippen LogP contribution in [0.25, 0.3) is 11.3 Å². The van der Waals surface area contributed by atoms with E-state index in [-0.39, 0.29) is 0 Å². The second-order valence-electron chi connectivity index (χ2n) is 3.60. The third kappa shape index (κ3) is 2.43. The monoisotopic (exact) mass is 261 g/mol. The van der Waals surface area contributed by atoms with Gasteiger partial charge in [-0.1, -0.05) is 12.1 Å². The number of rotatable bonds is 4. The molecule has 2 rings (SSSR count). The third-order valence-corrected chi connectivity index (χ3v) is 3.26. The maximum atomic E-state index is 5.39. The first-order valence-electron chi connectivity index (χ1n) is 5.52. The van der Waals surface area contributed by atoms with Gasteiger partial charge in [-0.3, -0.25) is 0 Å². The van der Waals surface area contributed by atoms with Crippen molar-refractivity contribution in [3.8, 4) is 22.8 Å². The standard InChI is InChI=1S/C14H15NO2S/c1-16-11-7-5-8-12(17-2)14(11)10-6-4-9-13(15-10)18-3/h4-9H,1-3H3. The van der Waals surface area contributed by atoms with Crippen LogP contribution in [0, 0.1) is 0 Å². The third-order valence-electron chi connectivity index (χ3n) is 2.62. The SMILES string of the molecule is COc1cccc(OC)c1-c1cccc(SC)n1. The molecular formula is C14H15NO2S. The summed E-state index contributed by atoms with van der Waals surface area (Å²) in [6.07, 6.45) is 2.01. The van der Waals surface area contributed by atoms with Crippen LogP contribution in [0.2, 0.25) is 0 Å². The van der Waals surface area contributed by atoms with Gasteiger partial charge in [-0.15, -0.1) is 11.8 Å². The summed E-state index contributed by atoms with van der Waals surface area (Å²) in [7, 11) is 3.30. The molecule has 0 aliphatic carbocycles. The summed E-state index contributed by atoms with van der Waals surface area (Å²) >= 11 is 1.61. The average molecular weight is 261 g/mol. The number of thioether (sulfide) groups is 1. The van der Waals surface area contributed by atoms with Gasteiger partial charge in [0, 0.05) is 0 Å². The molecule has 0 bridgehead atoms. The lowest BCUT2D eigenvalue weighted by Crippen LogP contribution is -1.95. The van der Waals surface area contributed by atoms with E-state index in [2.05, 4.69) is 4.98 Å². The van der Waals surface area contributed by atoms with Gasteiger partial charge in [0.1, 0.15) is 11.5 Å². The Morgan fingerprint density at radius 3 is 2.11 bits per heavy atom. The number of hydrogen-bond acceptors (Lipinski definition) is 4. The second-order valence-corrected chi connectivity index (χ2v) is 4.43. The van der Waals surface area contributed by atoms with E-state index in [9.17, 15) is 0 Å². The Morgan fingerprint density at radius 2 is 1.56 bits per heavy atom. The molecule has 0 aliphatic rings. The zero-order chi connectivity index (χ0) is 13.0. The van der Waals surface area contributed by atoms with Crippen LogP contribution in [0.15, 0.2) is 41.4 Å². The minimum atomic E-state index is 0.764. The van der Waals surface area contributed by atoms with Crippen LogP contribution < -0.4 is 9.47 Å². The fourth-order valence-electron chi connectivity index (χ4n) is 1.77. The highest BCUT2D eigenvalue weighted by atomic mass is 32.2. The van der Waals surface area contributed by atoms with Gasteiger partial charge >= 0.3 is 0 Å². The van der Waals surface area contributed by atoms with Gasteiger partial charge in [-0.25, -0.2) is 4.98 Å². The Morgan fingerprint density at radius 1 is 0.944 bits per heavy atom. The summed E-state index contributed by atoms with van der Waals surface area (Å²) < 4.78 is 10.8. The molecule has 0 atom stereocenters. The van der Waals surface area contributed by atoms with Crippen LogP contribution in [0.1, 0.15) is 0 Å². The van der Waals surface area contributed by atoms with Crippen molar-refractivity contribution >= 4 is 11.8 Å². The summed E-state index contributed by atoms with van der Waals surface area (Å²) in [5, 5.41) is 0.973. The van der Waals surface area contributed by atoms with E-state index in [0.29, 0.717) is 0 Å². The maximum absolute atomic E-state index is 5.39. The lowest BCUT2D eigenvalue weighted by atomic mass is 10.1. The fourth-order valence-corrected chi connectivity index (χ4v) is 2.18. The molecule has 4 heteroatoms. The van der Waals surface area contributed by atoms with Crippen molar-refractivity contribution in [1.82, 2.24) is 4.98 Å². The first-order chi connectivity index (χ1) is 8.80. The Hall–Kier alpha value is -1.68. The largest absolute Gasteiger partial charge is 0.496 e. The summed E-state index contributed by atoms with van der Waals surface area (Å²) in [5.74, 6) is 1.53. The molecule has 0 unspecified atom stereocenters. The van der Waals surface area contributed by atoms with Gasteiger partial charge in [0.25, 0.3) is 0 Å². The van der Waals surface area contributed by atoms with Crippen molar-refractivity contribution in [3.63, 3.8) is 0 Å². The normalized spacial score (nSPS) is 10.2. The average Bonchev–Trinajstić information content (AvgIpc) is 2.46. The molecule has 94 valence electrons. The zero-order valence-electron chi connectivity index (χ0n) is 10.6. The number of methoxy groups -OCH3 is 2. The molecule has 1 aromatic heterocycles. The van der Waals surface area contributed by atoms with Crippen molar-refractivity contribution in [2.24, 2.45) is 0 Å². The minimum Gasteiger partial charge on any atom is -0.496 e. The molecule has 2 aromatic rings. The smallest absolute Gasteiger partial charge is 0.132 e. The van der Waals surface area contributed by atoms with E-state index in [4.69, 9.17) is 9.47 Å². The molecule has 0 spiro atoms. The van der Waals surface area contributed by atoms with Crippen LogP contribution in [0.5, 0.6) is 11.5 Å². The Kier molecular flexibility index (Phi) is 4.10. The number of pyridine rings is 1. The van der Waals surface area contributed by atoms with E-state index in [1.165, 1.54) is 0 Å². The van der Waals surface area contributed by atoms with Crippen molar-refractivity contribution in [1.29, 1.82) is 0 Å². The van der Waals surface area contributed by atoms with Crippen molar-refractivity contribution in [3.05, 3.63) is 36.4 Å². The highest BCUT2D eigenvalue weighted by Gasteiger charge is 2.13. The van der Waals surface area contributed by atoms with Gasteiger partial charge < -0.3 is 9.47 Å². The predicted molar refractivity (Wildman–Crippen MR) is 74.6 cm³/mol. The number of nitrogens with zero attached hydrogens (tertiary/aromatic N) is 1. The Labute approximate surface area is 111 Å². The summed E-state index contributed by atoms with van der Waals surface area (Å²) in [4.78, 5) is 4.58. The summed E-state index contributed by atoms with van der Waals surface area (Å²) in [6, 6.07) is 11.6. The molecule has 18 heavy (non-hydrogen) atoms. The molecule has 3 nitrogen and oxygen atoms in total. The lowest BCUT2D eigenvalue weighted by Gasteiger charge is -2.12. The molecule has 1 aromatic carbocycles. The van der Waals surface area contributed by atoms with Crippen molar-refractivity contribution in [2.45, 2.75) is 5.03 Å². The molecule has 0 saturated carbocycles. The number of benzene rings is 1. The fraction of sp³-hybridized carbons (Fsp3) is 0.214. The maximum Gasteiger partial charge on any atom is 0.132 e. The van der Waals surface area contributed by atoms with Crippen molar-refractivity contribution in [2.75, 3.05) is 20.5 Å². The zero-order valence-corrected chi connectivity index (χ0v) is 11.5. The van der Waals surface area contributed by atoms with E-state index < -0.39 is 0 Å². The first kappa shape index (κ1) is 12.8. The van der Waals surface area contributed by atoms with Crippen molar-refractivity contribution < 1.29 is 9.47 Å². The highest BCUT2D eigenvalue weighted by Crippen LogP contribution is 2.37. The molecule has 0 amide bonds. The van der Waals surface area contributed by atoms with Crippen LogP contribution in [-0.2, 0) is 0 Å². The van der Waals surface area contributed by atoms with Gasteiger partial charge in [-0.2, -0.15) is 0 Å². The first-order valence-corrected chi connectivity index (χ1v) is 6.75. The quantitative estimate of drug-likeness (QED) is 0.788. The summed E-state index contributed by atoms with van der Waals surface area (Å²) in [5.41, 5.74) is 1.74. The van der Waals surface area contributed by atoms with Gasteiger partial charge in [0.15, 0.2) is 0 Å². The molecule has 0 saturated heterocycles. The predicted octanol–water partition coefficient (Wildman–Crippen LogP) is 3.49. The Bertz CT molecular complexity index is 521. The van der Waals surface area contributed by atoms with E-state index in [0.717, 1.165) is 27.8 Å². The highest BCUT2D eigenvalue weighted by molar-refractivity contribution is 7.98. The molecular weight excluding hydrogens is 246 g/mol. The minimum absolute atomic E-state index is 0.764. The molecule has 0 radical (unpaired) electrons. The molecule has 0 fully saturated rings. The topological polar surface area (TPSA) is 31.4 Å². The number of hydrogen-bond donors (Lipinski definition) is 0.